The molecule has 1 fully saturated rings. The minimum absolute atomic E-state index is 0.202. The first kappa shape index (κ1) is 15.8. The molecule has 6 nitrogen and oxygen atoms in total. The molecule has 1 saturated heterocycles. The van der Waals surface area contributed by atoms with Crippen molar-refractivity contribution in [1.82, 2.24) is 4.90 Å². The van der Waals surface area contributed by atoms with Crippen LogP contribution in [0, 0.1) is 0 Å². The molecule has 0 aromatic rings. The van der Waals surface area contributed by atoms with E-state index >= 15 is 0 Å². The number of azide groups is 1. The number of alkyl halides is 3. The Labute approximate surface area is 109 Å². The molecule has 1 heterocycles. The number of halogens is 3. The number of nitrogens with zero attached hydrogens (tertiary/aromatic N) is 4. The lowest BCUT2D eigenvalue weighted by Gasteiger charge is -2.25. The Morgan fingerprint density at radius 1 is 1.42 bits per heavy atom. The molecule has 0 spiro atoms. The summed E-state index contributed by atoms with van der Waals surface area (Å²) >= 11 is 0. The first-order valence-corrected chi connectivity index (χ1v) is 9.03. The van der Waals surface area contributed by atoms with Gasteiger partial charge >= 0.3 is 12.1 Å². The van der Waals surface area contributed by atoms with Crippen LogP contribution in [-0.4, -0.2) is 50.5 Å². The Bertz CT molecular complexity index is 403. The van der Waals surface area contributed by atoms with Crippen LogP contribution in [0.15, 0.2) is 5.11 Å². The van der Waals surface area contributed by atoms with Crippen molar-refractivity contribution >= 4 is 14.2 Å². The van der Waals surface area contributed by atoms with Crippen molar-refractivity contribution in [2.45, 2.75) is 38.0 Å². The first-order valence-electron chi connectivity index (χ1n) is 5.62. The quantitative estimate of drug-likeness (QED) is 0.347. The maximum absolute atomic E-state index is 12.4. The van der Waals surface area contributed by atoms with Gasteiger partial charge in [-0.1, -0.05) is 5.11 Å². The Kier molecular flexibility index (Phi) is 4.49. The van der Waals surface area contributed by atoms with Crippen LogP contribution in [0.2, 0.25) is 19.6 Å². The fraction of sp³-hybridized carbons (Fsp3) is 0.889. The Hall–Kier alpha value is -1.25. The van der Waals surface area contributed by atoms with E-state index in [1.54, 1.807) is 0 Å². The van der Waals surface area contributed by atoms with Gasteiger partial charge in [0.15, 0.2) is 8.32 Å². The normalized spacial score (nSPS) is 24.2. The third kappa shape index (κ3) is 4.41. The van der Waals surface area contributed by atoms with E-state index in [9.17, 15) is 18.0 Å². The topological polar surface area (TPSA) is 78.3 Å². The molecule has 0 N–H and O–H groups in total. The first-order chi connectivity index (χ1) is 8.54. The molecule has 1 rings (SSSR count). The highest BCUT2D eigenvalue weighted by Crippen LogP contribution is 2.26. The molecular formula is C9H15F3N4O2Si. The van der Waals surface area contributed by atoms with Gasteiger partial charge in [-0.3, -0.25) is 4.79 Å². The maximum Gasteiger partial charge on any atom is 0.471 e. The number of hydrogen-bond donors (Lipinski definition) is 0. The molecule has 1 aliphatic rings. The van der Waals surface area contributed by atoms with Gasteiger partial charge in [-0.25, -0.2) is 0 Å². The average Bonchev–Trinajstić information content (AvgIpc) is 2.57. The summed E-state index contributed by atoms with van der Waals surface area (Å²) in [5, 5.41) is 3.42. The lowest BCUT2D eigenvalue weighted by atomic mass is 10.2. The second-order valence-corrected chi connectivity index (χ2v) is 9.71. The molecule has 19 heavy (non-hydrogen) atoms. The summed E-state index contributed by atoms with van der Waals surface area (Å²) in [4.78, 5) is 14.4. The van der Waals surface area contributed by atoms with E-state index in [1.807, 2.05) is 19.6 Å². The van der Waals surface area contributed by atoms with Crippen LogP contribution < -0.4 is 0 Å². The maximum atomic E-state index is 12.4. The lowest BCUT2D eigenvalue weighted by molar-refractivity contribution is -0.184. The van der Waals surface area contributed by atoms with Gasteiger partial charge in [-0.15, -0.1) is 0 Å². The van der Waals surface area contributed by atoms with E-state index in [0.717, 1.165) is 0 Å². The van der Waals surface area contributed by atoms with Crippen molar-refractivity contribution in [3.63, 3.8) is 0 Å². The number of carbonyl (C=O) groups is 1. The molecule has 0 aromatic heterocycles. The highest BCUT2D eigenvalue weighted by molar-refractivity contribution is 6.69. The summed E-state index contributed by atoms with van der Waals surface area (Å²) in [5.74, 6) is -1.92. The van der Waals surface area contributed by atoms with E-state index < -0.39 is 32.5 Å². The smallest absolute Gasteiger partial charge is 0.412 e. The highest BCUT2D eigenvalue weighted by atomic mass is 28.4. The fourth-order valence-electron chi connectivity index (χ4n) is 1.85. The zero-order valence-corrected chi connectivity index (χ0v) is 11.8. The summed E-state index contributed by atoms with van der Waals surface area (Å²) in [6, 6.07) is -0.775. The number of likely N-dealkylation sites (tertiary alicyclic amines) is 1. The number of carbonyl (C=O) groups excluding carboxylic acids is 1. The van der Waals surface area contributed by atoms with Gasteiger partial charge < -0.3 is 9.33 Å². The van der Waals surface area contributed by atoms with Gasteiger partial charge in [-0.05, 0) is 25.2 Å². The van der Waals surface area contributed by atoms with Crippen LogP contribution in [0.25, 0.3) is 10.4 Å². The molecule has 1 amide bonds. The molecule has 0 bridgehead atoms. The van der Waals surface area contributed by atoms with E-state index in [2.05, 4.69) is 10.0 Å². The summed E-state index contributed by atoms with van der Waals surface area (Å²) < 4.78 is 42.7. The highest BCUT2D eigenvalue weighted by Gasteiger charge is 2.47. The van der Waals surface area contributed by atoms with Gasteiger partial charge in [-0.2, -0.15) is 13.2 Å². The second kappa shape index (κ2) is 5.39. The number of hydrogen-bond acceptors (Lipinski definition) is 3. The number of rotatable bonds is 3. The SMILES string of the molecule is C[Si](C)(C)OC1CN(C(=O)C(F)(F)F)CC1N=[N+]=[N-]. The Balaban J connectivity index is 2.83. The van der Waals surface area contributed by atoms with E-state index in [4.69, 9.17) is 9.96 Å². The monoisotopic (exact) mass is 296 g/mol. The zero-order chi connectivity index (χ0) is 14.8. The van der Waals surface area contributed by atoms with Crippen LogP contribution >= 0.6 is 0 Å². The van der Waals surface area contributed by atoms with Crippen molar-refractivity contribution in [3.8, 4) is 0 Å². The number of amides is 1. The van der Waals surface area contributed by atoms with E-state index in [-0.39, 0.29) is 13.1 Å². The molecule has 2 atom stereocenters. The predicted molar refractivity (Wildman–Crippen MR) is 63.8 cm³/mol. The van der Waals surface area contributed by atoms with E-state index in [1.165, 1.54) is 0 Å². The van der Waals surface area contributed by atoms with Crippen LogP contribution in [0.1, 0.15) is 0 Å². The molecule has 0 saturated carbocycles. The van der Waals surface area contributed by atoms with Crippen molar-refractivity contribution in [2.75, 3.05) is 13.1 Å². The van der Waals surface area contributed by atoms with Crippen LogP contribution in [-0.2, 0) is 9.22 Å². The molecule has 10 heteroatoms. The predicted octanol–water partition coefficient (Wildman–Crippen LogP) is 2.29. The van der Waals surface area contributed by atoms with Gasteiger partial charge in [0.2, 0.25) is 0 Å². The molecule has 0 aromatic carbocycles. The minimum Gasteiger partial charge on any atom is -0.412 e. The third-order valence-electron chi connectivity index (χ3n) is 2.47. The summed E-state index contributed by atoms with van der Waals surface area (Å²) in [5.41, 5.74) is 8.42. The van der Waals surface area contributed by atoms with Crippen LogP contribution in [0.3, 0.4) is 0 Å². The molecular weight excluding hydrogens is 281 g/mol. The molecule has 0 radical (unpaired) electrons. The van der Waals surface area contributed by atoms with Gasteiger partial charge in [0.05, 0.1) is 12.1 Å². The van der Waals surface area contributed by atoms with Crippen molar-refractivity contribution < 1.29 is 22.4 Å². The zero-order valence-electron chi connectivity index (χ0n) is 10.8. The molecule has 1 aliphatic heterocycles. The summed E-state index contributed by atoms with van der Waals surface area (Å²) in [7, 11) is -2.01. The van der Waals surface area contributed by atoms with Gasteiger partial charge in [0.1, 0.15) is 0 Å². The summed E-state index contributed by atoms with van der Waals surface area (Å²) in [6.45, 7) is 5.14. The van der Waals surface area contributed by atoms with Crippen molar-refractivity contribution in [1.29, 1.82) is 0 Å². The van der Waals surface area contributed by atoms with Crippen LogP contribution in [0.4, 0.5) is 13.2 Å². The van der Waals surface area contributed by atoms with Gasteiger partial charge in [0, 0.05) is 18.0 Å². The molecule has 0 aliphatic carbocycles. The Morgan fingerprint density at radius 3 is 2.42 bits per heavy atom. The molecule has 2 unspecified atom stereocenters. The van der Waals surface area contributed by atoms with E-state index in [0.29, 0.717) is 4.90 Å². The standard InChI is InChI=1S/C9H15F3N4O2Si/c1-19(2,3)18-7-5-16(4-6(7)14-15-13)8(17)9(10,11)12/h6-7H,4-5H2,1-3H3. The second-order valence-electron chi connectivity index (χ2n) is 5.25. The lowest BCUT2D eigenvalue weighted by Crippen LogP contribution is -2.41. The Morgan fingerprint density at radius 2 is 2.00 bits per heavy atom. The minimum atomic E-state index is -4.92. The fourth-order valence-corrected chi connectivity index (χ4v) is 2.99. The van der Waals surface area contributed by atoms with Crippen molar-refractivity contribution in [2.24, 2.45) is 5.11 Å². The van der Waals surface area contributed by atoms with Crippen LogP contribution in [0.5, 0.6) is 0 Å². The van der Waals surface area contributed by atoms with Gasteiger partial charge in [0.25, 0.3) is 0 Å². The average molecular weight is 296 g/mol. The largest absolute Gasteiger partial charge is 0.471 e. The third-order valence-corrected chi connectivity index (χ3v) is 3.48. The van der Waals surface area contributed by atoms with Crippen molar-refractivity contribution in [3.05, 3.63) is 10.4 Å². The summed E-state index contributed by atoms with van der Waals surface area (Å²) in [6.07, 6.45) is -5.59. The molecule has 108 valence electrons.